The maximum Gasteiger partial charge on any atom is 0.248 e. The quantitative estimate of drug-likeness (QED) is 0.0833. The molecule has 372 valence electrons. The molecule has 0 aliphatic heterocycles. The molecule has 0 saturated heterocycles. The highest BCUT2D eigenvalue weighted by Crippen LogP contribution is 2.26. The number of aromatic nitrogens is 18. The number of rotatable bonds is 12. The Balaban J connectivity index is 0.000000128. The minimum absolute atomic E-state index is 0.249. The van der Waals surface area contributed by atoms with Crippen molar-refractivity contribution in [2.45, 2.75) is 15.5 Å². The van der Waals surface area contributed by atoms with Gasteiger partial charge in [0.25, 0.3) is 0 Å². The molecule has 1 unspecified atom stereocenters. The molecular formula is C48H39N21O3S3. The van der Waals surface area contributed by atoms with Crippen LogP contribution in [-0.4, -0.2) is 120 Å². The average molecular weight is 1050 g/mol. The Bertz CT molecular complexity index is 4070. The van der Waals surface area contributed by atoms with E-state index in [0.717, 1.165) is 34.3 Å². The van der Waals surface area contributed by atoms with E-state index in [2.05, 4.69) is 91.1 Å². The summed E-state index contributed by atoms with van der Waals surface area (Å²) < 4.78 is 39.6. The van der Waals surface area contributed by atoms with Gasteiger partial charge in [-0.25, -0.2) is 68.2 Å². The number of sulfone groups is 1. The van der Waals surface area contributed by atoms with E-state index in [-0.39, 0.29) is 16.1 Å². The van der Waals surface area contributed by atoms with Crippen molar-refractivity contribution in [3.8, 4) is 33.8 Å². The van der Waals surface area contributed by atoms with Crippen molar-refractivity contribution in [3.63, 3.8) is 0 Å². The summed E-state index contributed by atoms with van der Waals surface area (Å²) in [6.45, 7) is 0. The predicted octanol–water partition coefficient (Wildman–Crippen LogP) is 6.84. The maximum atomic E-state index is 11.7. The van der Waals surface area contributed by atoms with Gasteiger partial charge in [0.05, 0.1) is 27.9 Å². The average Bonchev–Trinajstić information content (AvgIpc) is 4.25. The molecule has 0 spiro atoms. The van der Waals surface area contributed by atoms with Crippen LogP contribution >= 0.6 is 11.8 Å². The molecular weight excluding hydrogens is 1010 g/mol. The number of thioether (sulfide) groups is 1. The van der Waals surface area contributed by atoms with Crippen molar-refractivity contribution in [2.24, 2.45) is 0 Å². The molecule has 0 aliphatic rings. The number of hydrogen-bond donors (Lipinski definition) is 3. The van der Waals surface area contributed by atoms with Gasteiger partial charge in [0, 0.05) is 66.0 Å². The largest absolute Gasteiger partial charge is 0.309 e. The van der Waals surface area contributed by atoms with Gasteiger partial charge in [-0.2, -0.15) is 28.8 Å². The summed E-state index contributed by atoms with van der Waals surface area (Å²) >= 11 is 1.48. The van der Waals surface area contributed by atoms with E-state index in [1.165, 1.54) is 47.7 Å². The molecule has 0 aliphatic carbocycles. The van der Waals surface area contributed by atoms with Crippen molar-refractivity contribution < 1.29 is 12.6 Å². The van der Waals surface area contributed by atoms with Gasteiger partial charge >= 0.3 is 0 Å². The molecule has 0 saturated carbocycles. The molecule has 75 heavy (non-hydrogen) atoms. The van der Waals surface area contributed by atoms with E-state index < -0.39 is 20.6 Å². The minimum Gasteiger partial charge on any atom is -0.309 e. The molecule has 0 bridgehead atoms. The number of nitrogens with zero attached hydrogens (tertiary/aromatic N) is 18. The monoisotopic (exact) mass is 1050 g/mol. The Hall–Kier alpha value is -9.60. The molecule has 3 aromatic carbocycles. The molecule has 1 atom stereocenters. The van der Waals surface area contributed by atoms with Crippen LogP contribution in [0, 0.1) is 0 Å². The Morgan fingerprint density at radius 2 is 0.867 bits per heavy atom. The SMILES string of the molecule is CS(=O)(=O)c1nccc(Nc2nc(-c3ccccc3)cc3ncnn23)n1.CS(=O)c1nccc(Nc2nc(-c3ccccc3)cc3ncnn23)n1.CSc1nccc(Nc2nc(-c3ccccc3)cc3ncnn23)n1. The van der Waals surface area contributed by atoms with Crippen molar-refractivity contribution in [3.05, 3.63) is 165 Å². The number of anilines is 6. The van der Waals surface area contributed by atoms with Crippen LogP contribution in [-0.2, 0) is 20.6 Å². The van der Waals surface area contributed by atoms with Gasteiger partial charge in [-0.3, -0.25) is 4.21 Å². The second-order valence-electron chi connectivity index (χ2n) is 15.6. The number of hydrogen-bond acceptors (Lipinski definition) is 22. The molecule has 24 nitrogen and oxygen atoms in total. The van der Waals surface area contributed by atoms with Crippen LogP contribution in [0.5, 0.6) is 0 Å². The Kier molecular flexibility index (Phi) is 14.4. The Morgan fingerprint density at radius 3 is 1.27 bits per heavy atom. The van der Waals surface area contributed by atoms with Crippen LogP contribution in [0.15, 0.2) is 180 Å². The lowest BCUT2D eigenvalue weighted by Crippen LogP contribution is -2.08. The topological polar surface area (TPSA) is 294 Å². The summed E-state index contributed by atoms with van der Waals surface area (Å²) in [6, 6.07) is 40.0. The van der Waals surface area contributed by atoms with E-state index in [4.69, 9.17) is 0 Å². The predicted molar refractivity (Wildman–Crippen MR) is 282 cm³/mol. The van der Waals surface area contributed by atoms with Gasteiger partial charge in [0.2, 0.25) is 38.0 Å². The van der Waals surface area contributed by atoms with E-state index in [1.54, 1.807) is 39.6 Å². The molecule has 0 amide bonds. The van der Waals surface area contributed by atoms with Gasteiger partial charge in [0.15, 0.2) is 22.1 Å². The number of nitrogens with one attached hydrogen (secondary N) is 3. The third kappa shape index (κ3) is 11.7. The van der Waals surface area contributed by atoms with Crippen molar-refractivity contribution >= 4 is 84.6 Å². The highest BCUT2D eigenvalue weighted by atomic mass is 32.2. The van der Waals surface area contributed by atoms with Crippen LogP contribution in [0.1, 0.15) is 0 Å². The first-order valence-corrected chi connectivity index (χ1v) is 26.9. The Labute approximate surface area is 432 Å². The maximum absolute atomic E-state index is 11.7. The molecule has 9 heterocycles. The first kappa shape index (κ1) is 49.0. The first-order valence-electron chi connectivity index (χ1n) is 22.2. The molecule has 12 rings (SSSR count). The number of fused-ring (bicyclic) bond motifs is 3. The fourth-order valence-corrected chi connectivity index (χ4v) is 8.30. The van der Waals surface area contributed by atoms with Crippen LogP contribution < -0.4 is 16.0 Å². The zero-order chi connectivity index (χ0) is 51.7. The Morgan fingerprint density at radius 1 is 0.480 bits per heavy atom. The van der Waals surface area contributed by atoms with Crippen molar-refractivity contribution in [2.75, 3.05) is 34.7 Å². The first-order chi connectivity index (χ1) is 36.5. The third-order valence-corrected chi connectivity index (χ3v) is 12.5. The van der Waals surface area contributed by atoms with E-state index >= 15 is 0 Å². The van der Waals surface area contributed by atoms with Crippen LogP contribution in [0.25, 0.3) is 50.7 Å². The fraction of sp³-hybridized carbons (Fsp3) is 0.0625. The second kappa shape index (κ2) is 22.0. The normalized spacial score (nSPS) is 11.6. The lowest BCUT2D eigenvalue weighted by Gasteiger charge is -2.09. The van der Waals surface area contributed by atoms with Crippen LogP contribution in [0.3, 0.4) is 0 Å². The van der Waals surface area contributed by atoms with Gasteiger partial charge in [0.1, 0.15) is 36.4 Å². The molecule has 3 N–H and O–H groups in total. The highest BCUT2D eigenvalue weighted by molar-refractivity contribution is 7.98. The molecule has 27 heteroatoms. The summed E-state index contributed by atoms with van der Waals surface area (Å²) in [4.78, 5) is 51.2. The highest BCUT2D eigenvalue weighted by Gasteiger charge is 2.16. The third-order valence-electron chi connectivity index (χ3n) is 10.4. The summed E-state index contributed by atoms with van der Waals surface area (Å²) in [5.41, 5.74) is 7.14. The summed E-state index contributed by atoms with van der Waals surface area (Å²) in [7, 11) is -4.79. The molecule has 0 fully saturated rings. The standard InChI is InChI=1S/C16H13N7O2S.C16H13N7OS.C16H13N7S/c1-26(24,25)16-17-8-7-13(22-16)21-15-20-12(11-5-3-2-4-6-11)9-14-18-10-19-23(14)15;1-25(24)16-17-8-7-13(22-16)21-15-20-12(11-5-3-2-4-6-11)9-14-18-10-19-23(14)15;1-24-16-17-8-7-13(22-16)21-15-20-12(11-5-3-2-4-6-11)9-14-18-10-19-23(14)15/h2-10H,1H3,(H,17,20,21,22);2-10H,1H3,(H,17,20,21,22);2-10H,1H3,(H,17,20,21,22). The summed E-state index contributed by atoms with van der Waals surface area (Å²) in [6.07, 6.45) is 13.5. The van der Waals surface area contributed by atoms with Gasteiger partial charge in [-0.1, -0.05) is 103 Å². The smallest absolute Gasteiger partial charge is 0.248 e. The second-order valence-corrected chi connectivity index (χ2v) is 19.5. The van der Waals surface area contributed by atoms with Crippen LogP contribution in [0.2, 0.25) is 0 Å². The molecule has 0 radical (unpaired) electrons. The summed E-state index contributed by atoms with van der Waals surface area (Å²) in [5, 5.41) is 22.5. The lowest BCUT2D eigenvalue weighted by molar-refractivity contribution is 0.593. The fourth-order valence-electron chi connectivity index (χ4n) is 6.99. The zero-order valence-corrected chi connectivity index (χ0v) is 42.0. The molecule has 12 aromatic rings. The number of benzene rings is 3. The zero-order valence-electron chi connectivity index (χ0n) is 39.6. The van der Waals surface area contributed by atoms with E-state index in [1.807, 2.05) is 115 Å². The van der Waals surface area contributed by atoms with Crippen molar-refractivity contribution in [1.29, 1.82) is 0 Å². The van der Waals surface area contributed by atoms with Gasteiger partial charge in [-0.15, -0.1) is 0 Å². The lowest BCUT2D eigenvalue weighted by atomic mass is 10.1. The van der Waals surface area contributed by atoms with Crippen LogP contribution in [0.4, 0.5) is 35.3 Å². The van der Waals surface area contributed by atoms with Gasteiger partial charge < -0.3 is 16.0 Å². The van der Waals surface area contributed by atoms with E-state index in [0.29, 0.717) is 57.3 Å². The van der Waals surface area contributed by atoms with E-state index in [9.17, 15) is 12.6 Å². The molecule has 9 aromatic heterocycles. The van der Waals surface area contributed by atoms with Gasteiger partial charge in [-0.05, 0) is 24.5 Å². The minimum atomic E-state index is -3.52. The summed E-state index contributed by atoms with van der Waals surface area (Å²) in [5.74, 6) is 2.79. The van der Waals surface area contributed by atoms with Crippen molar-refractivity contribution in [1.82, 2.24) is 88.6 Å².